The van der Waals surface area contributed by atoms with Crippen molar-refractivity contribution in [2.75, 3.05) is 10.8 Å². The van der Waals surface area contributed by atoms with Crippen LogP contribution in [-0.4, -0.2) is 43.8 Å². The number of alkyl halides is 3. The summed E-state index contributed by atoms with van der Waals surface area (Å²) in [5.41, 5.74) is -1.07. The molecule has 2 atom stereocenters. The third kappa shape index (κ3) is 8.64. The van der Waals surface area contributed by atoms with Crippen LogP contribution in [0.3, 0.4) is 0 Å². The molecule has 0 aliphatic heterocycles. The molecule has 0 fully saturated rings. The van der Waals surface area contributed by atoms with Gasteiger partial charge in [-0.2, -0.15) is 13.2 Å². The number of nitrogens with zero attached hydrogens (tertiary/aromatic N) is 2. The predicted molar refractivity (Wildman–Crippen MR) is 161 cm³/mol. The molecule has 0 aliphatic rings. The van der Waals surface area contributed by atoms with Gasteiger partial charge in [-0.25, -0.2) is 8.42 Å². The van der Waals surface area contributed by atoms with Gasteiger partial charge in [-0.3, -0.25) is 13.9 Å². The van der Waals surface area contributed by atoms with Crippen LogP contribution in [0.15, 0.2) is 77.7 Å². The summed E-state index contributed by atoms with van der Waals surface area (Å²) in [4.78, 5) is 28.3. The third-order valence-electron chi connectivity index (χ3n) is 6.81. The number of halogens is 5. The maximum atomic E-state index is 14.1. The smallest absolute Gasteiger partial charge is 0.352 e. The van der Waals surface area contributed by atoms with E-state index in [-0.39, 0.29) is 23.9 Å². The van der Waals surface area contributed by atoms with Crippen LogP contribution in [-0.2, 0) is 32.3 Å². The van der Waals surface area contributed by atoms with Crippen LogP contribution >= 0.6 is 23.2 Å². The number of sulfonamides is 1. The fourth-order valence-electron chi connectivity index (χ4n) is 4.28. The van der Waals surface area contributed by atoms with Crippen molar-refractivity contribution in [1.82, 2.24) is 10.2 Å². The number of carbonyl (C=O) groups excluding carboxylic acids is 2. The van der Waals surface area contributed by atoms with Gasteiger partial charge >= 0.3 is 6.18 Å². The monoisotopic (exact) mass is 657 g/mol. The number of hydrogen-bond donors (Lipinski definition) is 1. The molecule has 2 amide bonds. The first kappa shape index (κ1) is 34.2. The first-order chi connectivity index (χ1) is 20.2. The Bertz CT molecular complexity index is 1520. The van der Waals surface area contributed by atoms with E-state index in [2.05, 4.69) is 5.32 Å². The quantitative estimate of drug-likeness (QED) is 0.229. The molecule has 0 heterocycles. The number of amides is 2. The summed E-state index contributed by atoms with van der Waals surface area (Å²) in [5, 5.41) is 2.68. The standard InChI is InChI=1S/C30H32Cl2F3N3O4S/c1-4-20(3)36-29(40)27(5-2)37(18-21-11-13-22(31)14-12-21)28(39)19-38(43(41,42)24-9-7-6-8-10-24)23-15-16-26(32)25(17-23)30(33,34)35/h6-17,20,27H,4-5,18-19H2,1-3H3,(H,36,40)/t20-,27-/m0/s1. The summed E-state index contributed by atoms with van der Waals surface area (Å²) in [7, 11) is -4.55. The van der Waals surface area contributed by atoms with E-state index in [1.54, 1.807) is 37.3 Å². The zero-order valence-electron chi connectivity index (χ0n) is 23.7. The number of hydrogen-bond acceptors (Lipinski definition) is 4. The Morgan fingerprint density at radius 2 is 1.56 bits per heavy atom. The summed E-state index contributed by atoms with van der Waals surface area (Å²) < 4.78 is 69.6. The average Bonchev–Trinajstić information content (AvgIpc) is 2.96. The zero-order valence-corrected chi connectivity index (χ0v) is 26.1. The lowest BCUT2D eigenvalue weighted by molar-refractivity contribution is -0.140. The molecule has 0 radical (unpaired) electrons. The van der Waals surface area contributed by atoms with Crippen LogP contribution in [0.5, 0.6) is 0 Å². The van der Waals surface area contributed by atoms with Crippen LogP contribution < -0.4 is 9.62 Å². The van der Waals surface area contributed by atoms with Crippen molar-refractivity contribution < 1.29 is 31.2 Å². The molecule has 0 saturated heterocycles. The molecule has 0 bridgehead atoms. The van der Waals surface area contributed by atoms with Crippen LogP contribution in [0, 0.1) is 0 Å². The summed E-state index contributed by atoms with van der Waals surface area (Å²) in [5.74, 6) is -1.24. The zero-order chi connectivity index (χ0) is 31.9. The number of rotatable bonds is 12. The predicted octanol–water partition coefficient (Wildman–Crippen LogP) is 6.93. The maximum Gasteiger partial charge on any atom is 0.417 e. The lowest BCUT2D eigenvalue weighted by atomic mass is 10.1. The Kier molecular flexibility index (Phi) is 11.5. The highest BCUT2D eigenvalue weighted by atomic mass is 35.5. The molecule has 3 aromatic rings. The van der Waals surface area contributed by atoms with E-state index in [1.165, 1.54) is 29.2 Å². The minimum Gasteiger partial charge on any atom is -0.352 e. The maximum absolute atomic E-state index is 14.1. The Morgan fingerprint density at radius 3 is 2.12 bits per heavy atom. The largest absolute Gasteiger partial charge is 0.417 e. The number of benzene rings is 3. The molecule has 0 spiro atoms. The van der Waals surface area contributed by atoms with Gasteiger partial charge in [0.15, 0.2) is 0 Å². The van der Waals surface area contributed by atoms with Crippen molar-refractivity contribution in [3.05, 3.63) is 94.0 Å². The summed E-state index contributed by atoms with van der Waals surface area (Å²) in [6, 6.07) is 15.0. The van der Waals surface area contributed by atoms with E-state index in [1.807, 2.05) is 13.8 Å². The second-order valence-electron chi connectivity index (χ2n) is 9.88. The highest BCUT2D eigenvalue weighted by Gasteiger charge is 2.37. The summed E-state index contributed by atoms with van der Waals surface area (Å²) in [6.45, 7) is 4.42. The second kappa shape index (κ2) is 14.5. The number of anilines is 1. The van der Waals surface area contributed by atoms with E-state index >= 15 is 0 Å². The lowest BCUT2D eigenvalue weighted by Gasteiger charge is -2.34. The molecule has 232 valence electrons. The highest BCUT2D eigenvalue weighted by Crippen LogP contribution is 2.38. The number of nitrogens with one attached hydrogen (secondary N) is 1. The van der Waals surface area contributed by atoms with E-state index in [9.17, 15) is 31.2 Å². The first-order valence-electron chi connectivity index (χ1n) is 13.5. The van der Waals surface area contributed by atoms with Gasteiger partial charge in [0.1, 0.15) is 12.6 Å². The van der Waals surface area contributed by atoms with Crippen LogP contribution in [0.2, 0.25) is 10.0 Å². The molecule has 0 unspecified atom stereocenters. The van der Waals surface area contributed by atoms with Crippen molar-refractivity contribution in [3.8, 4) is 0 Å². The SMILES string of the molecule is CC[C@H](C)NC(=O)[C@H](CC)N(Cc1ccc(Cl)cc1)C(=O)CN(c1ccc(Cl)c(C(F)(F)F)c1)S(=O)(=O)c1ccccc1. The number of carbonyl (C=O) groups is 2. The average molecular weight is 659 g/mol. The van der Waals surface area contributed by atoms with Crippen molar-refractivity contribution >= 4 is 50.7 Å². The van der Waals surface area contributed by atoms with E-state index in [4.69, 9.17) is 23.2 Å². The van der Waals surface area contributed by atoms with E-state index in [0.717, 1.165) is 12.1 Å². The second-order valence-corrected chi connectivity index (χ2v) is 12.6. The highest BCUT2D eigenvalue weighted by molar-refractivity contribution is 7.92. The van der Waals surface area contributed by atoms with Gasteiger partial charge in [-0.15, -0.1) is 0 Å². The minimum absolute atomic E-state index is 0.0872. The molecule has 13 heteroatoms. The molecule has 1 N–H and O–H groups in total. The Hall–Kier alpha value is -3.28. The molecule has 3 aromatic carbocycles. The van der Waals surface area contributed by atoms with Gasteiger partial charge in [0.2, 0.25) is 11.8 Å². The van der Waals surface area contributed by atoms with Crippen LogP contribution in [0.1, 0.15) is 44.7 Å². The Balaban J connectivity index is 2.13. The van der Waals surface area contributed by atoms with E-state index in [0.29, 0.717) is 27.4 Å². The lowest BCUT2D eigenvalue weighted by Crippen LogP contribution is -2.53. The molecule has 3 rings (SSSR count). The Labute approximate surface area is 259 Å². The molecular formula is C30H32Cl2F3N3O4S. The first-order valence-corrected chi connectivity index (χ1v) is 15.7. The molecule has 7 nitrogen and oxygen atoms in total. The van der Waals surface area contributed by atoms with Gasteiger partial charge in [0, 0.05) is 17.6 Å². The van der Waals surface area contributed by atoms with Gasteiger partial charge in [0.05, 0.1) is 21.2 Å². The van der Waals surface area contributed by atoms with Gasteiger partial charge in [-0.05, 0) is 67.8 Å². The van der Waals surface area contributed by atoms with Gasteiger partial charge in [-0.1, -0.05) is 67.4 Å². The fraction of sp³-hybridized carbons (Fsp3) is 0.333. The molecule has 0 aliphatic carbocycles. The van der Waals surface area contributed by atoms with Gasteiger partial charge < -0.3 is 10.2 Å². The van der Waals surface area contributed by atoms with Crippen LogP contribution in [0.25, 0.3) is 0 Å². The Morgan fingerprint density at radius 1 is 0.930 bits per heavy atom. The van der Waals surface area contributed by atoms with Crippen molar-refractivity contribution in [3.63, 3.8) is 0 Å². The third-order valence-corrected chi connectivity index (χ3v) is 9.18. The van der Waals surface area contributed by atoms with Crippen LogP contribution in [0.4, 0.5) is 18.9 Å². The van der Waals surface area contributed by atoms with Gasteiger partial charge in [0.25, 0.3) is 10.0 Å². The normalized spacial score (nSPS) is 13.2. The van der Waals surface area contributed by atoms with Crippen molar-refractivity contribution in [2.24, 2.45) is 0 Å². The molecule has 43 heavy (non-hydrogen) atoms. The fourth-order valence-corrected chi connectivity index (χ4v) is 6.06. The van der Waals surface area contributed by atoms with Crippen molar-refractivity contribution in [1.29, 1.82) is 0 Å². The van der Waals surface area contributed by atoms with Crippen molar-refractivity contribution in [2.45, 2.75) is 63.3 Å². The molecular weight excluding hydrogens is 626 g/mol. The molecule has 0 saturated carbocycles. The summed E-state index contributed by atoms with van der Waals surface area (Å²) in [6.07, 6.45) is -4.07. The molecule has 0 aromatic heterocycles. The van der Waals surface area contributed by atoms with E-state index < -0.39 is 56.9 Å². The topological polar surface area (TPSA) is 86.8 Å². The minimum atomic E-state index is -4.89. The summed E-state index contributed by atoms with van der Waals surface area (Å²) >= 11 is 11.8.